The highest BCUT2D eigenvalue weighted by molar-refractivity contribution is 7.20. The van der Waals surface area contributed by atoms with E-state index in [4.69, 9.17) is 9.47 Å². The van der Waals surface area contributed by atoms with Crippen molar-refractivity contribution in [2.24, 2.45) is 5.10 Å². The van der Waals surface area contributed by atoms with Crippen molar-refractivity contribution in [3.8, 4) is 22.8 Å². The SMILES string of the molecule is CCOC(=O)Nc1sc(NN=Cc2ccc(O)c(OCC)c2)nc1-c1ccc(C)cc1. The number of nitrogens with one attached hydrogen (secondary N) is 2. The van der Waals surface area contributed by atoms with Gasteiger partial charge in [0.1, 0.15) is 10.7 Å². The minimum Gasteiger partial charge on any atom is -0.504 e. The number of hydrogen-bond donors (Lipinski definition) is 3. The summed E-state index contributed by atoms with van der Waals surface area (Å²) in [5.74, 6) is 0.465. The normalized spacial score (nSPS) is 10.8. The molecule has 9 heteroatoms. The monoisotopic (exact) mass is 440 g/mol. The molecule has 0 saturated heterocycles. The van der Waals surface area contributed by atoms with Crippen molar-refractivity contribution in [1.82, 2.24) is 4.98 Å². The van der Waals surface area contributed by atoms with E-state index in [0.29, 0.717) is 28.2 Å². The second kappa shape index (κ2) is 10.4. The Morgan fingerprint density at radius 2 is 1.97 bits per heavy atom. The first-order valence-electron chi connectivity index (χ1n) is 9.76. The Balaban J connectivity index is 1.81. The molecule has 8 nitrogen and oxygen atoms in total. The number of hydrazone groups is 1. The maximum absolute atomic E-state index is 11.9. The number of aromatic nitrogens is 1. The molecule has 0 spiro atoms. The van der Waals surface area contributed by atoms with Gasteiger partial charge in [-0.05, 0) is 44.5 Å². The van der Waals surface area contributed by atoms with Crippen molar-refractivity contribution >= 4 is 33.8 Å². The van der Waals surface area contributed by atoms with Crippen LogP contribution in [-0.2, 0) is 4.74 Å². The predicted octanol–water partition coefficient (Wildman–Crippen LogP) is 5.24. The molecule has 0 aliphatic carbocycles. The number of nitrogens with zero attached hydrogens (tertiary/aromatic N) is 2. The summed E-state index contributed by atoms with van der Waals surface area (Å²) in [6, 6.07) is 12.8. The number of aryl methyl sites for hydroxylation is 1. The zero-order valence-corrected chi connectivity index (χ0v) is 18.3. The molecule has 1 amide bonds. The summed E-state index contributed by atoms with van der Waals surface area (Å²) in [4.78, 5) is 16.5. The molecule has 0 fully saturated rings. The molecule has 1 heterocycles. The number of rotatable bonds is 8. The third kappa shape index (κ3) is 5.95. The Hall–Kier alpha value is -3.59. The van der Waals surface area contributed by atoms with Crippen molar-refractivity contribution in [2.75, 3.05) is 24.0 Å². The lowest BCUT2D eigenvalue weighted by Crippen LogP contribution is -2.12. The summed E-state index contributed by atoms with van der Waals surface area (Å²) in [6.07, 6.45) is 1.05. The molecule has 0 atom stereocenters. The maximum Gasteiger partial charge on any atom is 0.412 e. The highest BCUT2D eigenvalue weighted by Crippen LogP contribution is 2.36. The summed E-state index contributed by atoms with van der Waals surface area (Å²) >= 11 is 1.25. The largest absolute Gasteiger partial charge is 0.504 e. The molecule has 0 aliphatic heterocycles. The average Bonchev–Trinajstić information content (AvgIpc) is 3.13. The molecular formula is C22H24N4O4S. The van der Waals surface area contributed by atoms with Gasteiger partial charge in [-0.15, -0.1) is 0 Å². The minimum atomic E-state index is -0.540. The van der Waals surface area contributed by atoms with Crippen molar-refractivity contribution in [2.45, 2.75) is 20.8 Å². The number of ether oxygens (including phenoxy) is 2. The van der Waals surface area contributed by atoms with Gasteiger partial charge in [0.2, 0.25) is 5.13 Å². The first-order valence-corrected chi connectivity index (χ1v) is 10.6. The van der Waals surface area contributed by atoms with Gasteiger partial charge in [0.15, 0.2) is 11.5 Å². The predicted molar refractivity (Wildman–Crippen MR) is 123 cm³/mol. The van der Waals surface area contributed by atoms with Gasteiger partial charge >= 0.3 is 6.09 Å². The fraction of sp³-hybridized carbons (Fsp3) is 0.227. The van der Waals surface area contributed by atoms with Crippen LogP contribution in [0.25, 0.3) is 11.3 Å². The van der Waals surface area contributed by atoms with Crippen LogP contribution in [-0.4, -0.2) is 35.6 Å². The molecule has 3 rings (SSSR count). The van der Waals surface area contributed by atoms with E-state index in [0.717, 1.165) is 16.7 Å². The number of carbonyl (C=O) groups excluding carboxylic acids is 1. The first-order chi connectivity index (χ1) is 15.0. The second-order valence-corrected chi connectivity index (χ2v) is 7.44. The Labute approximate surface area is 184 Å². The summed E-state index contributed by atoms with van der Waals surface area (Å²) < 4.78 is 10.4. The van der Waals surface area contributed by atoms with E-state index in [1.54, 1.807) is 31.3 Å². The summed E-state index contributed by atoms with van der Waals surface area (Å²) in [6.45, 7) is 6.32. The van der Waals surface area contributed by atoms with Gasteiger partial charge < -0.3 is 14.6 Å². The number of thiazole rings is 1. The topological polar surface area (TPSA) is 105 Å². The lowest BCUT2D eigenvalue weighted by molar-refractivity contribution is 0.168. The molecule has 1 aromatic heterocycles. The van der Waals surface area contributed by atoms with Crippen molar-refractivity contribution in [1.29, 1.82) is 0 Å². The number of hydrogen-bond acceptors (Lipinski definition) is 8. The van der Waals surface area contributed by atoms with Crippen LogP contribution < -0.4 is 15.5 Å². The standard InChI is InChI=1S/C22H24N4O4S/c1-4-29-18-12-15(8-11-17(18)27)13-23-26-21-24-19(16-9-6-14(3)7-10-16)20(31-21)25-22(28)30-5-2/h6-13,27H,4-5H2,1-3H3,(H,24,26)(H,25,28). The number of phenols is 1. The maximum atomic E-state index is 11.9. The van der Waals surface area contributed by atoms with Crippen LogP contribution in [0.4, 0.5) is 14.9 Å². The fourth-order valence-electron chi connectivity index (χ4n) is 2.66. The van der Waals surface area contributed by atoms with Crippen molar-refractivity contribution in [3.63, 3.8) is 0 Å². The molecule has 3 aromatic rings. The highest BCUT2D eigenvalue weighted by Gasteiger charge is 2.16. The molecule has 0 radical (unpaired) electrons. The number of aromatic hydroxyl groups is 1. The van der Waals surface area contributed by atoms with Gasteiger partial charge in [0, 0.05) is 5.56 Å². The molecule has 31 heavy (non-hydrogen) atoms. The van der Waals surface area contributed by atoms with E-state index in [9.17, 15) is 9.90 Å². The third-order valence-electron chi connectivity index (χ3n) is 4.10. The molecule has 0 aliphatic rings. The summed E-state index contributed by atoms with van der Waals surface area (Å²) in [7, 11) is 0. The van der Waals surface area contributed by atoms with Gasteiger partial charge in [-0.1, -0.05) is 41.2 Å². The lowest BCUT2D eigenvalue weighted by Gasteiger charge is -2.05. The van der Waals surface area contributed by atoms with Crippen LogP contribution in [0, 0.1) is 6.92 Å². The van der Waals surface area contributed by atoms with E-state index in [1.165, 1.54) is 11.3 Å². The Morgan fingerprint density at radius 3 is 2.68 bits per heavy atom. The zero-order chi connectivity index (χ0) is 22.2. The minimum absolute atomic E-state index is 0.0734. The average molecular weight is 441 g/mol. The molecule has 2 aromatic carbocycles. The fourth-order valence-corrected chi connectivity index (χ4v) is 3.49. The summed E-state index contributed by atoms with van der Waals surface area (Å²) in [5.41, 5.74) is 6.25. The smallest absolute Gasteiger partial charge is 0.412 e. The molecule has 0 saturated carbocycles. The van der Waals surface area contributed by atoms with Gasteiger partial charge in [0.25, 0.3) is 0 Å². The lowest BCUT2D eigenvalue weighted by atomic mass is 10.1. The van der Waals surface area contributed by atoms with E-state index < -0.39 is 6.09 Å². The van der Waals surface area contributed by atoms with Crippen LogP contribution in [0.2, 0.25) is 0 Å². The van der Waals surface area contributed by atoms with Gasteiger partial charge in [-0.3, -0.25) is 10.7 Å². The van der Waals surface area contributed by atoms with Crippen molar-refractivity contribution in [3.05, 3.63) is 53.6 Å². The van der Waals surface area contributed by atoms with E-state index in [-0.39, 0.29) is 12.4 Å². The molecule has 0 unspecified atom stereocenters. The number of benzene rings is 2. The Morgan fingerprint density at radius 1 is 1.19 bits per heavy atom. The molecule has 3 N–H and O–H groups in total. The quantitative estimate of drug-likeness (QED) is 0.327. The van der Waals surface area contributed by atoms with Crippen LogP contribution in [0.3, 0.4) is 0 Å². The number of carbonyl (C=O) groups is 1. The number of amides is 1. The van der Waals surface area contributed by atoms with Crippen LogP contribution in [0.5, 0.6) is 11.5 Å². The van der Waals surface area contributed by atoms with Crippen LogP contribution in [0.1, 0.15) is 25.0 Å². The van der Waals surface area contributed by atoms with Gasteiger partial charge in [0.05, 0.1) is 19.4 Å². The Bertz CT molecular complexity index is 1060. The van der Waals surface area contributed by atoms with Gasteiger partial charge in [-0.2, -0.15) is 5.10 Å². The Kier molecular flexibility index (Phi) is 7.45. The number of anilines is 2. The highest BCUT2D eigenvalue weighted by atomic mass is 32.1. The van der Waals surface area contributed by atoms with Crippen molar-refractivity contribution < 1.29 is 19.4 Å². The van der Waals surface area contributed by atoms with Crippen LogP contribution >= 0.6 is 11.3 Å². The number of phenolic OH excluding ortho intramolecular Hbond substituents is 1. The van der Waals surface area contributed by atoms with E-state index in [1.807, 2.05) is 38.1 Å². The zero-order valence-electron chi connectivity index (χ0n) is 17.5. The third-order valence-corrected chi connectivity index (χ3v) is 4.98. The van der Waals surface area contributed by atoms with E-state index >= 15 is 0 Å². The first kappa shape index (κ1) is 22.1. The van der Waals surface area contributed by atoms with Crippen LogP contribution in [0.15, 0.2) is 47.6 Å². The van der Waals surface area contributed by atoms with Gasteiger partial charge in [-0.25, -0.2) is 9.78 Å². The summed E-state index contributed by atoms with van der Waals surface area (Å²) in [5, 5.41) is 17.8. The second-order valence-electron chi connectivity index (χ2n) is 6.44. The van der Waals surface area contributed by atoms with E-state index in [2.05, 4.69) is 20.8 Å². The molecular weight excluding hydrogens is 416 g/mol. The molecule has 0 bridgehead atoms. The molecule has 162 valence electrons.